The molecule has 0 bridgehead atoms. The lowest BCUT2D eigenvalue weighted by Crippen LogP contribution is -2.40. The molecule has 0 atom stereocenters. The van der Waals surface area contributed by atoms with E-state index < -0.39 is 5.82 Å². The van der Waals surface area contributed by atoms with Crippen molar-refractivity contribution >= 4 is 29.9 Å². The molecular formula is C16H18FIN4O. The number of aromatic nitrogens is 1. The molecule has 1 aliphatic heterocycles. The van der Waals surface area contributed by atoms with Gasteiger partial charge in [-0.05, 0) is 30.2 Å². The Bertz CT molecular complexity index is 681. The molecule has 122 valence electrons. The summed E-state index contributed by atoms with van der Waals surface area (Å²) in [5.74, 6) is 0.926. The maximum Gasteiger partial charge on any atom is 0.219 e. The average Bonchev–Trinajstić information content (AvgIpc) is 2.57. The van der Waals surface area contributed by atoms with Crippen LogP contribution in [0.15, 0.2) is 47.6 Å². The Balaban J connectivity index is 0.00000192. The number of ether oxygens (including phenoxy) is 1. The van der Waals surface area contributed by atoms with Crippen molar-refractivity contribution in [1.29, 1.82) is 0 Å². The van der Waals surface area contributed by atoms with E-state index in [0.717, 1.165) is 31.0 Å². The van der Waals surface area contributed by atoms with Gasteiger partial charge in [-0.15, -0.1) is 24.0 Å². The third-order valence-corrected chi connectivity index (χ3v) is 3.21. The zero-order valence-electron chi connectivity index (χ0n) is 12.5. The fraction of sp³-hybridized carbons (Fsp3) is 0.250. The lowest BCUT2D eigenvalue weighted by molar-refractivity contribution is 0.427. The van der Waals surface area contributed by atoms with Crippen molar-refractivity contribution < 1.29 is 9.13 Å². The Kier molecular flexibility index (Phi) is 6.57. The quantitative estimate of drug-likeness (QED) is 0.736. The minimum Gasteiger partial charge on any atom is -0.436 e. The van der Waals surface area contributed by atoms with Gasteiger partial charge < -0.3 is 15.4 Å². The SMILES string of the molecule is Fc1ccccc1Oc1cc(CNC2=NCCCN2)ccn1.I. The highest BCUT2D eigenvalue weighted by molar-refractivity contribution is 14.0. The first-order valence-corrected chi connectivity index (χ1v) is 7.21. The molecule has 0 amide bonds. The van der Waals surface area contributed by atoms with Gasteiger partial charge in [-0.3, -0.25) is 4.99 Å². The van der Waals surface area contributed by atoms with Crippen molar-refractivity contribution in [3.63, 3.8) is 0 Å². The molecular weight excluding hydrogens is 410 g/mol. The monoisotopic (exact) mass is 428 g/mol. The summed E-state index contributed by atoms with van der Waals surface area (Å²) >= 11 is 0. The number of hydrogen-bond acceptors (Lipinski definition) is 5. The molecule has 7 heteroatoms. The van der Waals surface area contributed by atoms with Crippen LogP contribution in [0.5, 0.6) is 11.6 Å². The Morgan fingerprint density at radius 1 is 1.26 bits per heavy atom. The van der Waals surface area contributed by atoms with Gasteiger partial charge in [0.15, 0.2) is 17.5 Å². The molecule has 5 nitrogen and oxygen atoms in total. The maximum atomic E-state index is 13.6. The number of nitrogens with zero attached hydrogens (tertiary/aromatic N) is 2. The molecule has 0 fully saturated rings. The predicted octanol–water partition coefficient (Wildman–Crippen LogP) is 3.07. The number of nitrogens with one attached hydrogen (secondary N) is 2. The van der Waals surface area contributed by atoms with Crippen LogP contribution in [-0.2, 0) is 6.54 Å². The molecule has 0 aliphatic carbocycles. The van der Waals surface area contributed by atoms with Gasteiger partial charge in [-0.1, -0.05) is 12.1 Å². The van der Waals surface area contributed by atoms with Crippen LogP contribution in [0.25, 0.3) is 0 Å². The second-order valence-electron chi connectivity index (χ2n) is 4.90. The van der Waals surface area contributed by atoms with Gasteiger partial charge in [0, 0.05) is 31.9 Å². The number of aliphatic imine (C=N–C) groups is 1. The minimum absolute atomic E-state index is 0. The molecule has 1 aromatic carbocycles. The normalized spacial score (nSPS) is 13.3. The number of para-hydroxylation sites is 1. The summed E-state index contributed by atoms with van der Waals surface area (Å²) in [6.07, 6.45) is 2.70. The maximum absolute atomic E-state index is 13.6. The minimum atomic E-state index is -0.409. The first-order valence-electron chi connectivity index (χ1n) is 7.21. The highest BCUT2D eigenvalue weighted by Crippen LogP contribution is 2.22. The van der Waals surface area contributed by atoms with Crippen molar-refractivity contribution in [2.24, 2.45) is 4.99 Å². The molecule has 0 radical (unpaired) electrons. The molecule has 23 heavy (non-hydrogen) atoms. The Hall–Kier alpha value is -1.90. The van der Waals surface area contributed by atoms with Crippen LogP contribution in [0, 0.1) is 5.82 Å². The molecule has 1 aliphatic rings. The third kappa shape index (κ3) is 5.05. The highest BCUT2D eigenvalue weighted by Gasteiger charge is 2.06. The van der Waals surface area contributed by atoms with Crippen molar-refractivity contribution in [3.05, 3.63) is 54.0 Å². The zero-order chi connectivity index (χ0) is 15.2. The predicted molar refractivity (Wildman–Crippen MR) is 97.9 cm³/mol. The molecule has 0 spiro atoms. The lowest BCUT2D eigenvalue weighted by Gasteiger charge is -2.16. The molecule has 3 rings (SSSR count). The first kappa shape index (κ1) is 17.5. The van der Waals surface area contributed by atoms with Crippen LogP contribution in [0.4, 0.5) is 4.39 Å². The van der Waals surface area contributed by atoms with Gasteiger partial charge in [0.1, 0.15) is 0 Å². The van der Waals surface area contributed by atoms with E-state index in [4.69, 9.17) is 4.74 Å². The van der Waals surface area contributed by atoms with Gasteiger partial charge in [-0.2, -0.15) is 0 Å². The molecule has 0 saturated heterocycles. The molecule has 2 heterocycles. The van der Waals surface area contributed by atoms with Crippen LogP contribution < -0.4 is 15.4 Å². The van der Waals surface area contributed by atoms with E-state index in [1.54, 1.807) is 30.5 Å². The van der Waals surface area contributed by atoms with Gasteiger partial charge in [0.25, 0.3) is 0 Å². The van der Waals surface area contributed by atoms with Crippen LogP contribution in [0.2, 0.25) is 0 Å². The Morgan fingerprint density at radius 2 is 2.13 bits per heavy atom. The molecule has 0 saturated carbocycles. The number of pyridine rings is 1. The van der Waals surface area contributed by atoms with E-state index in [1.165, 1.54) is 6.07 Å². The number of benzene rings is 1. The second kappa shape index (κ2) is 8.66. The van der Waals surface area contributed by atoms with Crippen molar-refractivity contribution in [2.75, 3.05) is 13.1 Å². The van der Waals surface area contributed by atoms with E-state index >= 15 is 0 Å². The molecule has 2 aromatic rings. The van der Waals surface area contributed by atoms with Crippen molar-refractivity contribution in [3.8, 4) is 11.6 Å². The van der Waals surface area contributed by atoms with Crippen LogP contribution in [0.3, 0.4) is 0 Å². The molecule has 1 aromatic heterocycles. The average molecular weight is 428 g/mol. The standard InChI is InChI=1S/C16H17FN4O.HI/c17-13-4-1-2-5-14(13)22-15-10-12(6-9-18-15)11-21-16-19-7-3-8-20-16;/h1-2,4-6,9-10H,3,7-8,11H2,(H2,19,20,21);1H. The molecule has 0 unspecified atom stereocenters. The summed E-state index contributed by atoms with van der Waals surface area (Å²) in [6.45, 7) is 2.37. The summed E-state index contributed by atoms with van der Waals surface area (Å²) in [4.78, 5) is 8.45. The zero-order valence-corrected chi connectivity index (χ0v) is 14.8. The van der Waals surface area contributed by atoms with E-state index in [-0.39, 0.29) is 29.7 Å². The smallest absolute Gasteiger partial charge is 0.219 e. The number of hydrogen-bond donors (Lipinski definition) is 2. The topological polar surface area (TPSA) is 58.5 Å². The number of halogens is 2. The lowest BCUT2D eigenvalue weighted by atomic mass is 10.2. The van der Waals surface area contributed by atoms with Gasteiger partial charge in [0.05, 0.1) is 0 Å². The highest BCUT2D eigenvalue weighted by atomic mass is 127. The van der Waals surface area contributed by atoms with Crippen LogP contribution in [-0.4, -0.2) is 24.0 Å². The summed E-state index contributed by atoms with van der Waals surface area (Å²) in [5.41, 5.74) is 0.983. The van der Waals surface area contributed by atoms with Crippen molar-refractivity contribution in [1.82, 2.24) is 15.6 Å². The van der Waals surface area contributed by atoms with Crippen LogP contribution in [0.1, 0.15) is 12.0 Å². The van der Waals surface area contributed by atoms with Gasteiger partial charge in [-0.25, -0.2) is 9.37 Å². The van der Waals surface area contributed by atoms with E-state index in [2.05, 4.69) is 20.6 Å². The third-order valence-electron chi connectivity index (χ3n) is 3.21. The number of guanidine groups is 1. The second-order valence-corrected chi connectivity index (χ2v) is 4.90. The van der Waals surface area contributed by atoms with E-state index in [1.807, 2.05) is 6.07 Å². The largest absolute Gasteiger partial charge is 0.436 e. The Morgan fingerprint density at radius 3 is 2.91 bits per heavy atom. The van der Waals surface area contributed by atoms with Gasteiger partial charge in [0.2, 0.25) is 5.88 Å². The van der Waals surface area contributed by atoms with Gasteiger partial charge >= 0.3 is 0 Å². The fourth-order valence-electron chi connectivity index (χ4n) is 2.09. The fourth-order valence-corrected chi connectivity index (χ4v) is 2.09. The Labute approximate surface area is 151 Å². The van der Waals surface area contributed by atoms with E-state index in [9.17, 15) is 4.39 Å². The summed E-state index contributed by atoms with van der Waals surface area (Å²) in [5, 5.41) is 6.42. The molecule has 2 N–H and O–H groups in total. The summed E-state index contributed by atoms with van der Waals surface area (Å²) < 4.78 is 19.1. The summed E-state index contributed by atoms with van der Waals surface area (Å²) in [7, 11) is 0. The van der Waals surface area contributed by atoms with Crippen LogP contribution >= 0.6 is 24.0 Å². The van der Waals surface area contributed by atoms with E-state index in [0.29, 0.717) is 12.4 Å². The first-order chi connectivity index (χ1) is 10.8. The number of rotatable bonds is 4. The van der Waals surface area contributed by atoms with Crippen molar-refractivity contribution in [2.45, 2.75) is 13.0 Å². The summed E-state index contributed by atoms with van der Waals surface area (Å²) in [6, 6.07) is 9.92.